The predicted octanol–water partition coefficient (Wildman–Crippen LogP) is 1.31. The van der Waals surface area contributed by atoms with E-state index in [-0.39, 0.29) is 0 Å². The molecule has 0 aromatic rings. The van der Waals surface area contributed by atoms with Crippen LogP contribution in [0.25, 0.3) is 0 Å². The van der Waals surface area contributed by atoms with Crippen molar-refractivity contribution in [2.75, 3.05) is 45.9 Å². The molecule has 0 spiro atoms. The van der Waals surface area contributed by atoms with E-state index < -0.39 is 0 Å². The molecule has 0 bridgehead atoms. The van der Waals surface area contributed by atoms with Crippen LogP contribution in [0.3, 0.4) is 0 Å². The average molecular weight is 281 g/mol. The standard InChI is InChI=1S/C16H31N3O/c1-2-3-15(12-17-14-4-5-14)19-7-6-16(13-19)18-8-10-20-11-9-18/h14-17H,2-13H2,1H3. The Hall–Kier alpha value is -0.160. The van der Waals surface area contributed by atoms with Gasteiger partial charge in [0.25, 0.3) is 0 Å². The summed E-state index contributed by atoms with van der Waals surface area (Å²) in [5.74, 6) is 0. The van der Waals surface area contributed by atoms with Crippen LogP contribution in [0.1, 0.15) is 39.0 Å². The van der Waals surface area contributed by atoms with E-state index in [2.05, 4.69) is 22.0 Å². The lowest BCUT2D eigenvalue weighted by atomic mass is 10.1. The first-order chi connectivity index (χ1) is 9.86. The van der Waals surface area contributed by atoms with Crippen LogP contribution >= 0.6 is 0 Å². The van der Waals surface area contributed by atoms with Gasteiger partial charge in [-0.3, -0.25) is 9.80 Å². The maximum absolute atomic E-state index is 5.48. The van der Waals surface area contributed by atoms with Gasteiger partial charge >= 0.3 is 0 Å². The molecule has 2 saturated heterocycles. The molecule has 3 aliphatic rings. The molecule has 3 rings (SSSR count). The Labute approximate surface area is 123 Å². The normalized spacial score (nSPS) is 30.8. The van der Waals surface area contributed by atoms with Gasteiger partial charge in [-0.15, -0.1) is 0 Å². The van der Waals surface area contributed by atoms with E-state index in [1.54, 1.807) is 0 Å². The molecule has 2 atom stereocenters. The van der Waals surface area contributed by atoms with Crippen LogP contribution in [0.5, 0.6) is 0 Å². The second-order valence-electron chi connectivity index (χ2n) is 6.71. The summed E-state index contributed by atoms with van der Waals surface area (Å²) >= 11 is 0. The Morgan fingerprint density at radius 1 is 1.15 bits per heavy atom. The summed E-state index contributed by atoms with van der Waals surface area (Å²) < 4.78 is 5.48. The van der Waals surface area contributed by atoms with Crippen LogP contribution in [-0.4, -0.2) is 73.9 Å². The molecule has 0 amide bonds. The number of nitrogens with zero attached hydrogens (tertiary/aromatic N) is 2. The zero-order valence-corrected chi connectivity index (χ0v) is 13.0. The van der Waals surface area contributed by atoms with Crippen molar-refractivity contribution in [2.24, 2.45) is 0 Å². The minimum atomic E-state index is 0.756. The highest BCUT2D eigenvalue weighted by Crippen LogP contribution is 2.23. The number of hydrogen-bond donors (Lipinski definition) is 1. The van der Waals surface area contributed by atoms with E-state index in [1.807, 2.05) is 0 Å². The lowest BCUT2D eigenvalue weighted by Gasteiger charge is -2.33. The fourth-order valence-corrected chi connectivity index (χ4v) is 3.68. The van der Waals surface area contributed by atoms with Crippen LogP contribution in [0, 0.1) is 0 Å². The fraction of sp³-hybridized carbons (Fsp3) is 1.00. The molecule has 4 nitrogen and oxygen atoms in total. The molecule has 1 saturated carbocycles. The summed E-state index contributed by atoms with van der Waals surface area (Å²) in [6.07, 6.45) is 6.79. The lowest BCUT2D eigenvalue weighted by Crippen LogP contribution is -2.47. The summed E-state index contributed by atoms with van der Waals surface area (Å²) in [6, 6.07) is 2.37. The first-order valence-corrected chi connectivity index (χ1v) is 8.66. The first kappa shape index (κ1) is 14.8. The summed E-state index contributed by atoms with van der Waals surface area (Å²) in [5.41, 5.74) is 0. The Kier molecular flexibility index (Phi) is 5.32. The van der Waals surface area contributed by atoms with Gasteiger partial charge in [-0.05, 0) is 25.7 Å². The van der Waals surface area contributed by atoms with E-state index in [9.17, 15) is 0 Å². The van der Waals surface area contributed by atoms with Gasteiger partial charge in [0.05, 0.1) is 13.2 Å². The van der Waals surface area contributed by atoms with E-state index in [0.29, 0.717) is 0 Å². The van der Waals surface area contributed by atoms with Crippen LogP contribution < -0.4 is 5.32 Å². The first-order valence-electron chi connectivity index (χ1n) is 8.66. The Balaban J connectivity index is 1.47. The van der Waals surface area contributed by atoms with E-state index in [1.165, 1.54) is 51.7 Å². The van der Waals surface area contributed by atoms with Gasteiger partial charge < -0.3 is 10.1 Å². The van der Waals surface area contributed by atoms with E-state index in [4.69, 9.17) is 4.74 Å². The Bertz CT molecular complexity index is 289. The van der Waals surface area contributed by atoms with Crippen molar-refractivity contribution in [1.82, 2.24) is 15.1 Å². The van der Waals surface area contributed by atoms with Crippen LogP contribution in [0.4, 0.5) is 0 Å². The maximum atomic E-state index is 5.48. The average Bonchev–Trinajstić information content (AvgIpc) is 3.19. The van der Waals surface area contributed by atoms with Crippen molar-refractivity contribution in [3.63, 3.8) is 0 Å². The van der Waals surface area contributed by atoms with Gasteiger partial charge in [0.2, 0.25) is 0 Å². The molecular formula is C16H31N3O. The van der Waals surface area contributed by atoms with Crippen molar-refractivity contribution in [3.8, 4) is 0 Å². The van der Waals surface area contributed by atoms with Crippen LogP contribution in [-0.2, 0) is 4.74 Å². The molecule has 0 aromatic heterocycles. The summed E-state index contributed by atoms with van der Waals surface area (Å²) in [5, 5.41) is 3.74. The van der Waals surface area contributed by atoms with Crippen LogP contribution in [0.15, 0.2) is 0 Å². The molecule has 0 radical (unpaired) electrons. The monoisotopic (exact) mass is 281 g/mol. The van der Waals surface area contributed by atoms with Crippen molar-refractivity contribution in [3.05, 3.63) is 0 Å². The molecule has 0 aromatic carbocycles. The SMILES string of the molecule is CCCC(CNC1CC1)N1CCC(N2CCOCC2)C1. The molecule has 2 unspecified atom stereocenters. The molecule has 2 aliphatic heterocycles. The fourth-order valence-electron chi connectivity index (χ4n) is 3.68. The van der Waals surface area contributed by atoms with Gasteiger partial charge in [-0.2, -0.15) is 0 Å². The zero-order valence-electron chi connectivity index (χ0n) is 13.0. The smallest absolute Gasteiger partial charge is 0.0594 e. The van der Waals surface area contributed by atoms with Crippen molar-refractivity contribution >= 4 is 0 Å². The Morgan fingerprint density at radius 2 is 1.95 bits per heavy atom. The topological polar surface area (TPSA) is 27.7 Å². The molecule has 4 heteroatoms. The van der Waals surface area contributed by atoms with E-state index in [0.717, 1.165) is 44.4 Å². The summed E-state index contributed by atoms with van der Waals surface area (Å²) in [7, 11) is 0. The van der Waals surface area contributed by atoms with Gasteiger partial charge in [-0.1, -0.05) is 13.3 Å². The highest BCUT2D eigenvalue weighted by Gasteiger charge is 2.32. The number of rotatable bonds is 7. The zero-order chi connectivity index (χ0) is 13.8. The number of nitrogens with one attached hydrogen (secondary N) is 1. The maximum Gasteiger partial charge on any atom is 0.0594 e. The third kappa shape index (κ3) is 3.94. The van der Waals surface area contributed by atoms with E-state index >= 15 is 0 Å². The van der Waals surface area contributed by atoms with Gasteiger partial charge in [0.15, 0.2) is 0 Å². The Morgan fingerprint density at radius 3 is 2.65 bits per heavy atom. The van der Waals surface area contributed by atoms with Gasteiger partial charge in [0, 0.05) is 50.8 Å². The third-order valence-electron chi connectivity index (χ3n) is 5.11. The second kappa shape index (κ2) is 7.21. The number of hydrogen-bond acceptors (Lipinski definition) is 4. The molecule has 116 valence electrons. The second-order valence-corrected chi connectivity index (χ2v) is 6.71. The highest BCUT2D eigenvalue weighted by molar-refractivity contribution is 4.90. The van der Waals surface area contributed by atoms with Crippen molar-refractivity contribution < 1.29 is 4.74 Å². The molecule has 1 N–H and O–H groups in total. The molecule has 3 fully saturated rings. The minimum Gasteiger partial charge on any atom is -0.379 e. The molecule has 1 aliphatic carbocycles. The van der Waals surface area contributed by atoms with Gasteiger partial charge in [0.1, 0.15) is 0 Å². The summed E-state index contributed by atoms with van der Waals surface area (Å²) in [6.45, 7) is 10.2. The lowest BCUT2D eigenvalue weighted by molar-refractivity contribution is 0.0175. The number of ether oxygens (including phenoxy) is 1. The third-order valence-corrected chi connectivity index (χ3v) is 5.11. The summed E-state index contributed by atoms with van der Waals surface area (Å²) in [4.78, 5) is 5.40. The van der Waals surface area contributed by atoms with Gasteiger partial charge in [-0.25, -0.2) is 0 Å². The highest BCUT2D eigenvalue weighted by atomic mass is 16.5. The van der Waals surface area contributed by atoms with Crippen molar-refractivity contribution in [2.45, 2.75) is 57.2 Å². The minimum absolute atomic E-state index is 0.756. The predicted molar refractivity (Wildman–Crippen MR) is 82.1 cm³/mol. The molecule has 2 heterocycles. The largest absolute Gasteiger partial charge is 0.379 e. The molecular weight excluding hydrogens is 250 g/mol. The number of likely N-dealkylation sites (tertiary alicyclic amines) is 1. The quantitative estimate of drug-likeness (QED) is 0.761. The number of morpholine rings is 1. The van der Waals surface area contributed by atoms with Crippen molar-refractivity contribution in [1.29, 1.82) is 0 Å². The molecule has 20 heavy (non-hydrogen) atoms. The van der Waals surface area contributed by atoms with Crippen LogP contribution in [0.2, 0.25) is 0 Å².